The van der Waals surface area contributed by atoms with Gasteiger partial charge in [-0.25, -0.2) is 9.42 Å². The first-order valence-electron chi connectivity index (χ1n) is 8.15. The smallest absolute Gasteiger partial charge is 0.360 e. The van der Waals surface area contributed by atoms with E-state index in [4.69, 9.17) is 5.11 Å². The van der Waals surface area contributed by atoms with E-state index < -0.39 is 5.97 Å². The molecule has 1 aliphatic heterocycles. The van der Waals surface area contributed by atoms with Gasteiger partial charge in [0, 0.05) is 13.1 Å². The second-order valence-corrected chi connectivity index (χ2v) is 6.16. The van der Waals surface area contributed by atoms with Gasteiger partial charge in [-0.2, -0.15) is 0 Å². The van der Waals surface area contributed by atoms with E-state index >= 15 is 0 Å². The fourth-order valence-electron chi connectivity index (χ4n) is 3.06. The van der Waals surface area contributed by atoms with Crippen molar-refractivity contribution in [2.45, 2.75) is 31.8 Å². The summed E-state index contributed by atoms with van der Waals surface area (Å²) in [6.45, 7) is 1.19. The maximum absolute atomic E-state index is 12.5. The summed E-state index contributed by atoms with van der Waals surface area (Å²) >= 11 is 0. The van der Waals surface area contributed by atoms with Gasteiger partial charge in [-0.1, -0.05) is 29.4 Å². The number of aryl methyl sites for hydroxylation is 1. The van der Waals surface area contributed by atoms with Crippen molar-refractivity contribution in [1.29, 1.82) is 0 Å². The number of benzene rings is 1. The number of likely N-dealkylation sites (N-methyl/N-ethyl adjacent to an activating group) is 1. The Hall–Kier alpha value is -2.74. The maximum atomic E-state index is 12.5. The van der Waals surface area contributed by atoms with Crippen LogP contribution in [0.25, 0.3) is 0 Å². The van der Waals surface area contributed by atoms with Gasteiger partial charge in [-0.15, -0.1) is 0 Å². The van der Waals surface area contributed by atoms with Crippen LogP contribution in [0.4, 0.5) is 0 Å². The molecule has 2 N–H and O–H groups in total. The molecule has 1 aromatic heterocycles. The lowest BCUT2D eigenvalue weighted by Gasteiger charge is -2.33. The number of carboxylic acids is 1. The molecule has 0 spiro atoms. The van der Waals surface area contributed by atoms with Crippen LogP contribution in [0.15, 0.2) is 28.9 Å². The quantitative estimate of drug-likeness (QED) is 0.749. The highest BCUT2D eigenvalue weighted by Crippen LogP contribution is 2.21. The molecule has 2 aromatic rings. The fraction of sp³-hybridized carbons (Fsp3) is 0.412. The molecular formula is C17H20N4O4. The first kappa shape index (κ1) is 17.1. The van der Waals surface area contributed by atoms with Crippen LogP contribution in [0.2, 0.25) is 0 Å². The molecule has 0 unspecified atom stereocenters. The van der Waals surface area contributed by atoms with Crippen molar-refractivity contribution >= 4 is 11.9 Å². The summed E-state index contributed by atoms with van der Waals surface area (Å²) in [4.78, 5) is 25.4. The van der Waals surface area contributed by atoms with Crippen LogP contribution < -0.4 is 5.32 Å². The third-order valence-corrected chi connectivity index (χ3v) is 4.43. The van der Waals surface area contributed by atoms with E-state index in [2.05, 4.69) is 32.4 Å². The van der Waals surface area contributed by atoms with Crippen LogP contribution in [-0.4, -0.2) is 51.8 Å². The van der Waals surface area contributed by atoms with Gasteiger partial charge in [-0.05, 0) is 42.6 Å². The van der Waals surface area contributed by atoms with Crippen molar-refractivity contribution in [3.63, 3.8) is 0 Å². The summed E-state index contributed by atoms with van der Waals surface area (Å²) in [5, 5.41) is 18.8. The predicted octanol–water partition coefficient (Wildman–Crippen LogP) is 0.873. The normalized spacial score (nSPS) is 17.1. The van der Waals surface area contributed by atoms with Gasteiger partial charge in [0.2, 0.25) is 11.6 Å². The average Bonchev–Trinajstić information content (AvgIpc) is 3.06. The molecule has 2 heterocycles. The molecule has 3 rings (SSSR count). The third kappa shape index (κ3) is 3.85. The molecule has 8 heteroatoms. The van der Waals surface area contributed by atoms with E-state index in [1.807, 2.05) is 24.1 Å². The minimum atomic E-state index is -1.16. The molecule has 8 nitrogen and oxygen atoms in total. The lowest BCUT2D eigenvalue weighted by atomic mass is 9.94. The number of rotatable bonds is 6. The Morgan fingerprint density at radius 3 is 2.84 bits per heavy atom. The molecule has 1 atom stereocenters. The van der Waals surface area contributed by atoms with Crippen molar-refractivity contribution in [2.24, 2.45) is 0 Å². The summed E-state index contributed by atoms with van der Waals surface area (Å²) in [7, 11) is 1.94. The molecule has 0 fully saturated rings. The monoisotopic (exact) mass is 344 g/mol. The van der Waals surface area contributed by atoms with Crippen LogP contribution in [-0.2, 0) is 24.2 Å². The minimum Gasteiger partial charge on any atom is -0.476 e. The van der Waals surface area contributed by atoms with Gasteiger partial charge in [0.15, 0.2) is 0 Å². The van der Waals surface area contributed by atoms with Gasteiger partial charge in [-0.3, -0.25) is 9.69 Å². The summed E-state index contributed by atoms with van der Waals surface area (Å²) in [6, 6.07) is 7.96. The first-order valence-corrected chi connectivity index (χ1v) is 8.15. The zero-order chi connectivity index (χ0) is 17.8. The maximum Gasteiger partial charge on any atom is 0.360 e. The lowest BCUT2D eigenvalue weighted by Crippen LogP contribution is -2.48. The lowest BCUT2D eigenvalue weighted by molar-refractivity contribution is -0.126. The van der Waals surface area contributed by atoms with Crippen molar-refractivity contribution in [1.82, 2.24) is 20.5 Å². The Balaban J connectivity index is 1.50. The van der Waals surface area contributed by atoms with E-state index in [0.29, 0.717) is 31.5 Å². The molecule has 0 bridgehead atoms. The highest BCUT2D eigenvalue weighted by Gasteiger charge is 2.28. The van der Waals surface area contributed by atoms with E-state index in [9.17, 15) is 9.59 Å². The summed E-state index contributed by atoms with van der Waals surface area (Å²) in [5.41, 5.74) is 2.59. The minimum absolute atomic E-state index is 0.0197. The number of hydrogen-bond donors (Lipinski definition) is 2. The number of nitrogens with one attached hydrogen (secondary N) is 1. The molecule has 1 amide bonds. The molecule has 1 aliphatic rings. The largest absolute Gasteiger partial charge is 0.476 e. The number of amides is 1. The first-order chi connectivity index (χ1) is 12.1. The van der Waals surface area contributed by atoms with Crippen molar-refractivity contribution in [2.75, 3.05) is 13.6 Å². The summed E-state index contributed by atoms with van der Waals surface area (Å²) in [6.07, 6.45) is 1.64. The number of hydrogen-bond acceptors (Lipinski definition) is 6. The van der Waals surface area contributed by atoms with E-state index in [1.165, 1.54) is 11.1 Å². The van der Waals surface area contributed by atoms with Gasteiger partial charge in [0.1, 0.15) is 5.69 Å². The number of carbonyl (C=O) groups excluding carboxylic acids is 1. The zero-order valence-electron chi connectivity index (χ0n) is 13.9. The second kappa shape index (κ2) is 7.43. The summed E-state index contributed by atoms with van der Waals surface area (Å²) in [5.74, 6) is -1.18. The van der Waals surface area contributed by atoms with Crippen LogP contribution >= 0.6 is 0 Å². The SMILES string of the molecule is CN1Cc2ccccc2C[C@H]1C(=O)NCCCc1nonc1C(=O)O. The van der Waals surface area contributed by atoms with E-state index in [0.717, 1.165) is 6.54 Å². The van der Waals surface area contributed by atoms with Crippen molar-refractivity contribution < 1.29 is 19.3 Å². The number of carbonyl (C=O) groups is 2. The van der Waals surface area contributed by atoms with Gasteiger partial charge in [0.05, 0.1) is 6.04 Å². The topological polar surface area (TPSA) is 109 Å². The number of nitrogens with zero attached hydrogens (tertiary/aromatic N) is 3. The predicted molar refractivity (Wildman–Crippen MR) is 88.0 cm³/mol. The molecule has 1 aromatic carbocycles. The third-order valence-electron chi connectivity index (χ3n) is 4.43. The zero-order valence-corrected chi connectivity index (χ0v) is 13.9. The standard InChI is InChI=1S/C17H20N4O4/c1-21-10-12-6-3-2-5-11(12)9-14(21)16(22)18-8-4-7-13-15(17(23)24)20-25-19-13/h2-3,5-6,14H,4,7-10H2,1H3,(H,18,22)(H,23,24)/t14-/m0/s1. The van der Waals surface area contributed by atoms with Crippen LogP contribution in [0.1, 0.15) is 33.7 Å². The van der Waals surface area contributed by atoms with Crippen molar-refractivity contribution in [3.8, 4) is 0 Å². The van der Waals surface area contributed by atoms with Crippen molar-refractivity contribution in [3.05, 3.63) is 46.8 Å². The Morgan fingerprint density at radius 1 is 1.32 bits per heavy atom. The van der Waals surface area contributed by atoms with Crippen LogP contribution in [0.3, 0.4) is 0 Å². The molecule has 0 saturated heterocycles. The number of aromatic carboxylic acids is 1. The highest BCUT2D eigenvalue weighted by molar-refractivity contribution is 5.86. The highest BCUT2D eigenvalue weighted by atomic mass is 16.6. The fourth-order valence-corrected chi connectivity index (χ4v) is 3.06. The molecule has 25 heavy (non-hydrogen) atoms. The van der Waals surface area contributed by atoms with Gasteiger partial charge >= 0.3 is 5.97 Å². The second-order valence-electron chi connectivity index (χ2n) is 6.16. The Morgan fingerprint density at radius 2 is 2.08 bits per heavy atom. The van der Waals surface area contributed by atoms with Gasteiger partial charge < -0.3 is 10.4 Å². The molecular weight excluding hydrogens is 324 g/mol. The number of carboxylic acid groups (broad SMARTS) is 1. The number of aromatic nitrogens is 2. The van der Waals surface area contributed by atoms with Crippen LogP contribution in [0, 0.1) is 0 Å². The molecule has 0 radical (unpaired) electrons. The Bertz CT molecular complexity index is 774. The average molecular weight is 344 g/mol. The van der Waals surface area contributed by atoms with Crippen LogP contribution in [0.5, 0.6) is 0 Å². The molecule has 0 saturated carbocycles. The Labute approximate surface area is 144 Å². The number of fused-ring (bicyclic) bond motifs is 1. The van der Waals surface area contributed by atoms with E-state index in [-0.39, 0.29) is 17.6 Å². The summed E-state index contributed by atoms with van der Waals surface area (Å²) < 4.78 is 4.45. The van der Waals surface area contributed by atoms with E-state index in [1.54, 1.807) is 0 Å². The molecule has 0 aliphatic carbocycles. The Kier molecular flexibility index (Phi) is 5.08. The molecule has 132 valence electrons. The van der Waals surface area contributed by atoms with Gasteiger partial charge in [0.25, 0.3) is 0 Å².